The van der Waals surface area contributed by atoms with E-state index in [1.165, 1.54) is 49.9 Å². The summed E-state index contributed by atoms with van der Waals surface area (Å²) in [6.45, 7) is 0. The first-order valence-corrected chi connectivity index (χ1v) is 9.07. The highest BCUT2D eigenvalue weighted by Gasteiger charge is 2.40. The number of likely N-dealkylation sites (N-methyl/N-ethyl adjacent to an activating group) is 1. The number of carbonyl (C=O) groups excluding carboxylic acids is 1. The van der Waals surface area contributed by atoms with E-state index in [2.05, 4.69) is 4.90 Å². The number of nitrogens with zero attached hydrogens (tertiary/aromatic N) is 2. The molecule has 25 heavy (non-hydrogen) atoms. The number of esters is 1. The van der Waals surface area contributed by atoms with E-state index >= 15 is 0 Å². The molecule has 0 heterocycles. The van der Waals surface area contributed by atoms with Crippen LogP contribution >= 0.6 is 0 Å². The first kappa shape index (κ1) is 17.9. The van der Waals surface area contributed by atoms with Crippen molar-refractivity contribution >= 4 is 11.7 Å². The highest BCUT2D eigenvalue weighted by atomic mass is 16.6. The molecule has 0 saturated heterocycles. The maximum atomic E-state index is 12.5. The number of hydrogen-bond acceptors (Lipinski definition) is 5. The lowest BCUT2D eigenvalue weighted by Crippen LogP contribution is -2.49. The van der Waals surface area contributed by atoms with Gasteiger partial charge in [-0.25, -0.2) is 4.79 Å². The Kier molecular flexibility index (Phi) is 5.37. The lowest BCUT2D eigenvalue weighted by atomic mass is 9.68. The van der Waals surface area contributed by atoms with Crippen molar-refractivity contribution in [1.29, 1.82) is 0 Å². The van der Waals surface area contributed by atoms with Crippen molar-refractivity contribution in [3.05, 3.63) is 39.9 Å². The second-order valence-electron chi connectivity index (χ2n) is 7.55. The molecule has 1 aromatic carbocycles. The van der Waals surface area contributed by atoms with Crippen LogP contribution in [-0.2, 0) is 4.74 Å². The lowest BCUT2D eigenvalue weighted by Gasteiger charge is -2.45. The number of nitro groups is 1. The van der Waals surface area contributed by atoms with Crippen LogP contribution in [0.5, 0.6) is 0 Å². The molecule has 0 radical (unpaired) electrons. The van der Waals surface area contributed by atoms with Crippen LogP contribution in [0.15, 0.2) is 24.3 Å². The molecule has 6 nitrogen and oxygen atoms in total. The van der Waals surface area contributed by atoms with E-state index in [0.29, 0.717) is 11.5 Å². The first-order chi connectivity index (χ1) is 12.0. The summed E-state index contributed by atoms with van der Waals surface area (Å²) >= 11 is 0. The molecule has 0 unspecified atom stereocenters. The van der Waals surface area contributed by atoms with Crippen LogP contribution in [0.4, 0.5) is 5.69 Å². The zero-order valence-corrected chi connectivity index (χ0v) is 14.9. The van der Waals surface area contributed by atoms with E-state index in [1.54, 1.807) is 0 Å². The number of non-ortho nitro benzene ring substituents is 1. The molecule has 2 fully saturated rings. The Labute approximate surface area is 148 Å². The highest BCUT2D eigenvalue weighted by Crippen LogP contribution is 2.42. The Morgan fingerprint density at radius 2 is 1.72 bits per heavy atom. The van der Waals surface area contributed by atoms with Crippen molar-refractivity contribution in [3.63, 3.8) is 0 Å². The van der Waals surface area contributed by atoms with Gasteiger partial charge in [0.05, 0.1) is 10.5 Å². The minimum atomic E-state index is -0.471. The molecular formula is C19H26N2O4. The zero-order valence-electron chi connectivity index (χ0n) is 14.9. The summed E-state index contributed by atoms with van der Waals surface area (Å²) in [6.07, 6.45) is 7.00. The van der Waals surface area contributed by atoms with E-state index in [-0.39, 0.29) is 23.8 Å². The van der Waals surface area contributed by atoms with Crippen molar-refractivity contribution in [2.75, 3.05) is 14.1 Å². The molecular weight excluding hydrogens is 320 g/mol. The number of rotatable bonds is 4. The molecule has 4 atom stereocenters. The van der Waals surface area contributed by atoms with E-state index in [4.69, 9.17) is 4.74 Å². The summed E-state index contributed by atoms with van der Waals surface area (Å²) in [5.41, 5.74) is 0.347. The van der Waals surface area contributed by atoms with E-state index in [1.807, 2.05) is 14.1 Å². The maximum Gasteiger partial charge on any atom is 0.338 e. The van der Waals surface area contributed by atoms with Crippen LogP contribution in [0, 0.1) is 22.0 Å². The average molecular weight is 346 g/mol. The molecule has 0 spiro atoms. The number of ether oxygens (including phenoxy) is 1. The fourth-order valence-electron chi connectivity index (χ4n) is 4.42. The largest absolute Gasteiger partial charge is 0.457 e. The molecule has 1 aromatic rings. The fourth-order valence-corrected chi connectivity index (χ4v) is 4.42. The Balaban J connectivity index is 1.70. The van der Waals surface area contributed by atoms with Gasteiger partial charge in [-0.05, 0) is 50.9 Å². The SMILES string of the molecule is CN(C)[C@H]1C[C@@H]2CCCC[C@@H]2C[C@@H]1OC(=O)c1ccc([N+](=O)[O-])cc1. The second-order valence-corrected chi connectivity index (χ2v) is 7.55. The average Bonchev–Trinajstić information content (AvgIpc) is 2.61. The summed E-state index contributed by atoms with van der Waals surface area (Å²) in [7, 11) is 4.08. The van der Waals surface area contributed by atoms with Gasteiger partial charge in [-0.15, -0.1) is 0 Å². The van der Waals surface area contributed by atoms with Crippen molar-refractivity contribution < 1.29 is 14.5 Å². The summed E-state index contributed by atoms with van der Waals surface area (Å²) in [6, 6.07) is 5.87. The van der Waals surface area contributed by atoms with Gasteiger partial charge in [0, 0.05) is 18.2 Å². The quantitative estimate of drug-likeness (QED) is 0.473. The topological polar surface area (TPSA) is 72.7 Å². The second kappa shape index (κ2) is 7.52. The first-order valence-electron chi connectivity index (χ1n) is 9.07. The van der Waals surface area contributed by atoms with Gasteiger partial charge in [-0.2, -0.15) is 0 Å². The van der Waals surface area contributed by atoms with E-state index in [9.17, 15) is 14.9 Å². The van der Waals surface area contributed by atoms with Crippen LogP contribution in [-0.4, -0.2) is 42.0 Å². The fraction of sp³-hybridized carbons (Fsp3) is 0.632. The third-order valence-corrected chi connectivity index (χ3v) is 5.81. The molecule has 2 aliphatic rings. The Hall–Kier alpha value is -1.95. The number of fused-ring (bicyclic) bond motifs is 1. The molecule has 2 aliphatic carbocycles. The summed E-state index contributed by atoms with van der Waals surface area (Å²) in [5, 5.41) is 10.7. The highest BCUT2D eigenvalue weighted by molar-refractivity contribution is 5.89. The van der Waals surface area contributed by atoms with Gasteiger partial charge in [0.2, 0.25) is 0 Å². The summed E-state index contributed by atoms with van der Waals surface area (Å²) < 4.78 is 5.85. The molecule has 6 heteroatoms. The van der Waals surface area contributed by atoms with Gasteiger partial charge in [0.1, 0.15) is 6.10 Å². The standard InChI is InChI=1S/C19H26N2O4/c1-20(2)17-11-14-5-3-4-6-15(14)12-18(17)25-19(22)13-7-9-16(10-8-13)21(23)24/h7-10,14-15,17-18H,3-6,11-12H2,1-2H3/t14-,15+,17-,18-/m0/s1. The molecule has 2 saturated carbocycles. The molecule has 0 N–H and O–H groups in total. The Bertz CT molecular complexity index is 629. The summed E-state index contributed by atoms with van der Waals surface area (Å²) in [4.78, 5) is 24.9. The predicted molar refractivity (Wildman–Crippen MR) is 94.5 cm³/mol. The van der Waals surface area contributed by atoms with Crippen molar-refractivity contribution in [2.45, 2.75) is 50.7 Å². The van der Waals surface area contributed by atoms with E-state index < -0.39 is 4.92 Å². The van der Waals surface area contributed by atoms with Crippen LogP contribution < -0.4 is 0 Å². The minimum Gasteiger partial charge on any atom is -0.457 e. The molecule has 0 aliphatic heterocycles. The number of nitro benzene ring substituents is 1. The zero-order chi connectivity index (χ0) is 18.0. The van der Waals surface area contributed by atoms with Crippen LogP contribution in [0.2, 0.25) is 0 Å². The van der Waals surface area contributed by atoms with Gasteiger partial charge < -0.3 is 9.64 Å². The molecule has 136 valence electrons. The maximum absolute atomic E-state index is 12.5. The van der Waals surface area contributed by atoms with Gasteiger partial charge in [0.25, 0.3) is 5.69 Å². The Morgan fingerprint density at radius 3 is 2.28 bits per heavy atom. The smallest absolute Gasteiger partial charge is 0.338 e. The monoisotopic (exact) mass is 346 g/mol. The van der Waals surface area contributed by atoms with E-state index in [0.717, 1.165) is 18.8 Å². The third kappa shape index (κ3) is 4.00. The molecule has 3 rings (SSSR count). The van der Waals surface area contributed by atoms with Crippen molar-refractivity contribution in [3.8, 4) is 0 Å². The number of carbonyl (C=O) groups is 1. The van der Waals surface area contributed by atoms with Gasteiger partial charge >= 0.3 is 5.97 Å². The predicted octanol–water partition coefficient (Wildman–Crippen LogP) is 3.65. The Morgan fingerprint density at radius 1 is 1.12 bits per heavy atom. The van der Waals surface area contributed by atoms with Crippen molar-refractivity contribution in [1.82, 2.24) is 4.90 Å². The lowest BCUT2D eigenvalue weighted by molar-refractivity contribution is -0.384. The normalized spacial score (nSPS) is 29.1. The molecule has 0 amide bonds. The molecule has 0 bridgehead atoms. The van der Waals surface area contributed by atoms with Crippen LogP contribution in [0.1, 0.15) is 48.9 Å². The van der Waals surface area contributed by atoms with Gasteiger partial charge in [0.15, 0.2) is 0 Å². The van der Waals surface area contributed by atoms with Crippen LogP contribution in [0.3, 0.4) is 0 Å². The van der Waals surface area contributed by atoms with Gasteiger partial charge in [-0.3, -0.25) is 10.1 Å². The third-order valence-electron chi connectivity index (χ3n) is 5.81. The number of hydrogen-bond donors (Lipinski definition) is 0. The van der Waals surface area contributed by atoms with Gasteiger partial charge in [-0.1, -0.05) is 25.7 Å². The minimum absolute atomic E-state index is 0.0227. The number of benzene rings is 1. The molecule has 0 aromatic heterocycles. The summed E-state index contributed by atoms with van der Waals surface area (Å²) in [5.74, 6) is 1.01. The van der Waals surface area contributed by atoms with Crippen molar-refractivity contribution in [2.24, 2.45) is 11.8 Å². The van der Waals surface area contributed by atoms with Crippen LogP contribution in [0.25, 0.3) is 0 Å².